The molecule has 1 fully saturated rings. The number of benzene rings is 1. The first kappa shape index (κ1) is 24.2. The molecule has 0 spiro atoms. The van der Waals surface area contributed by atoms with Gasteiger partial charge in [-0.2, -0.15) is 4.99 Å². The third kappa shape index (κ3) is 6.58. The molecule has 1 heterocycles. The number of nitrogens with zero attached hydrogens (tertiary/aromatic N) is 3. The third-order valence-electron chi connectivity index (χ3n) is 3.46. The van der Waals surface area contributed by atoms with Gasteiger partial charge in [-0.3, -0.25) is 0 Å². The molecule has 0 atom stereocenters. The fraction of sp³-hybridized carbons (Fsp3) is 0.556. The minimum absolute atomic E-state index is 0. The summed E-state index contributed by atoms with van der Waals surface area (Å²) in [4.78, 5) is 20.1. The molecule has 0 unspecified atom stereocenters. The van der Waals surface area contributed by atoms with Crippen LogP contribution in [0, 0.1) is 0 Å². The van der Waals surface area contributed by atoms with Gasteiger partial charge in [-0.25, -0.2) is 4.79 Å². The van der Waals surface area contributed by atoms with Crippen molar-refractivity contribution >= 4 is 17.6 Å². The second-order valence-corrected chi connectivity index (χ2v) is 4.87. The van der Waals surface area contributed by atoms with Crippen LogP contribution >= 0.6 is 0 Å². The number of carbonyl (C=O) groups excluding carboxylic acids is 1. The number of amides is 2. The molecule has 0 saturated carbocycles. The number of anilines is 1. The molecule has 0 aliphatic carbocycles. The summed E-state index contributed by atoms with van der Waals surface area (Å²) in [6.45, 7) is 7.13. The molecule has 2 amide bonds. The molecule has 1 aliphatic rings. The number of rotatable bonds is 2. The lowest BCUT2D eigenvalue weighted by Gasteiger charge is -2.31. The Hall–Kier alpha value is -2.08. The molecule has 3 N–H and O–H groups in total. The van der Waals surface area contributed by atoms with Gasteiger partial charge in [0.2, 0.25) is 0 Å². The Morgan fingerprint density at radius 3 is 2.25 bits per heavy atom. The van der Waals surface area contributed by atoms with Crippen molar-refractivity contribution in [3.05, 3.63) is 29.8 Å². The van der Waals surface area contributed by atoms with Crippen LogP contribution in [0.1, 0.15) is 35.7 Å². The van der Waals surface area contributed by atoms with E-state index in [0.717, 1.165) is 24.3 Å². The van der Waals surface area contributed by atoms with Crippen LogP contribution in [-0.4, -0.2) is 61.9 Å². The Balaban J connectivity index is -0.000000934. The van der Waals surface area contributed by atoms with Crippen molar-refractivity contribution in [1.82, 2.24) is 9.80 Å². The Labute approximate surface area is 149 Å². The maximum atomic E-state index is 12.1. The molecule has 1 aliphatic heterocycles. The monoisotopic (exact) mass is 339 g/mol. The Morgan fingerprint density at radius 2 is 1.71 bits per heavy atom. The summed E-state index contributed by atoms with van der Waals surface area (Å²) in [5, 5.41) is 3.04. The lowest BCUT2D eigenvalue weighted by molar-refractivity contribution is 0.161. The average molecular weight is 340 g/mol. The number of carbonyl (C=O) groups is 1. The Bertz CT molecular complexity index is 514. The molecule has 0 radical (unpaired) electrons. The molecule has 140 valence electrons. The molecule has 0 aromatic heterocycles. The largest absolute Gasteiger partial charge is 0.388 e. The highest BCUT2D eigenvalue weighted by Gasteiger charge is 2.19. The van der Waals surface area contributed by atoms with Gasteiger partial charge in [-0.05, 0) is 19.2 Å². The predicted molar refractivity (Wildman–Crippen MR) is 108 cm³/mol. The van der Waals surface area contributed by atoms with Gasteiger partial charge < -0.3 is 20.9 Å². The molecule has 6 nitrogen and oxygen atoms in total. The molecular weight excluding hydrogens is 302 g/mol. The minimum atomic E-state index is -0.262. The van der Waals surface area contributed by atoms with Gasteiger partial charge >= 0.3 is 6.03 Å². The maximum absolute atomic E-state index is 12.1. The van der Waals surface area contributed by atoms with Crippen LogP contribution in [0.4, 0.5) is 10.5 Å². The first-order valence-electron chi connectivity index (χ1n) is 7.70. The van der Waals surface area contributed by atoms with E-state index >= 15 is 0 Å². The van der Waals surface area contributed by atoms with E-state index in [2.05, 4.69) is 15.2 Å². The number of para-hydroxylation sites is 1. The lowest BCUT2D eigenvalue weighted by atomic mass is 10.1. The predicted octanol–water partition coefficient (Wildman–Crippen LogP) is 3.35. The van der Waals surface area contributed by atoms with Gasteiger partial charge in [0.25, 0.3) is 0 Å². The second-order valence-electron chi connectivity index (χ2n) is 4.87. The fourth-order valence-corrected chi connectivity index (χ4v) is 2.16. The summed E-state index contributed by atoms with van der Waals surface area (Å²) in [5.41, 5.74) is 7.57. The smallest absolute Gasteiger partial charge is 0.345 e. The molecular formula is C18H37N5O. The summed E-state index contributed by atoms with van der Waals surface area (Å²) in [6.07, 6.45) is 0. The van der Waals surface area contributed by atoms with Crippen LogP contribution in [0.2, 0.25) is 0 Å². The van der Waals surface area contributed by atoms with Crippen molar-refractivity contribution < 1.29 is 6.22 Å². The van der Waals surface area contributed by atoms with Gasteiger partial charge in [0.15, 0.2) is 0 Å². The number of amidine groups is 1. The first-order valence-corrected chi connectivity index (χ1v) is 7.70. The Kier molecular flexibility index (Phi) is 12.4. The van der Waals surface area contributed by atoms with E-state index in [4.69, 9.17) is 5.73 Å². The zero-order valence-corrected chi connectivity index (χ0v) is 14.0. The number of nitrogens with two attached hydrogens (primary N) is 1. The quantitative estimate of drug-likeness (QED) is 0.640. The number of piperazine rings is 1. The summed E-state index contributed by atoms with van der Waals surface area (Å²) >= 11 is 0. The number of nitrogens with one attached hydrogen (secondary N) is 1. The third-order valence-corrected chi connectivity index (χ3v) is 3.46. The SMILES string of the molecule is C.C.CC.CNc1ccccc1/C(N)=N/C(=O)N1CCN(C)CC1.[HH]. The average Bonchev–Trinajstić information content (AvgIpc) is 2.57. The molecule has 1 aromatic rings. The number of urea groups is 1. The van der Waals surface area contributed by atoms with Crippen molar-refractivity contribution in [3.63, 3.8) is 0 Å². The van der Waals surface area contributed by atoms with Crippen molar-refractivity contribution in [3.8, 4) is 0 Å². The van der Waals surface area contributed by atoms with Crippen LogP contribution in [0.15, 0.2) is 29.3 Å². The summed E-state index contributed by atoms with van der Waals surface area (Å²) < 4.78 is 0. The topological polar surface area (TPSA) is 74.0 Å². The molecule has 1 saturated heterocycles. The molecule has 2 rings (SSSR count). The van der Waals surface area contributed by atoms with Gasteiger partial charge in [0.05, 0.1) is 0 Å². The summed E-state index contributed by atoms with van der Waals surface area (Å²) in [5.74, 6) is 0.249. The van der Waals surface area contributed by atoms with Gasteiger partial charge in [-0.1, -0.05) is 40.8 Å². The van der Waals surface area contributed by atoms with E-state index < -0.39 is 0 Å². The number of likely N-dealkylation sites (N-methyl/N-ethyl adjacent to an activating group) is 1. The highest BCUT2D eigenvalue weighted by atomic mass is 16.2. The van der Waals surface area contributed by atoms with Crippen LogP contribution in [0.25, 0.3) is 0 Å². The molecule has 0 bridgehead atoms. The van der Waals surface area contributed by atoms with E-state index in [-0.39, 0.29) is 28.1 Å². The summed E-state index contributed by atoms with van der Waals surface area (Å²) in [7, 11) is 3.86. The first-order chi connectivity index (χ1) is 10.6. The maximum Gasteiger partial charge on any atom is 0.345 e. The highest BCUT2D eigenvalue weighted by Crippen LogP contribution is 2.14. The van der Waals surface area contributed by atoms with E-state index in [1.165, 1.54) is 0 Å². The minimum Gasteiger partial charge on any atom is -0.388 e. The van der Waals surface area contributed by atoms with Crippen LogP contribution in [0.3, 0.4) is 0 Å². The van der Waals surface area contributed by atoms with E-state index in [0.29, 0.717) is 13.1 Å². The van der Waals surface area contributed by atoms with Crippen LogP contribution in [-0.2, 0) is 0 Å². The van der Waals surface area contributed by atoms with Crippen molar-refractivity contribution in [2.75, 3.05) is 45.6 Å². The number of hydrogen-bond acceptors (Lipinski definition) is 3. The fourth-order valence-electron chi connectivity index (χ4n) is 2.16. The normalized spacial score (nSPS) is 14.5. The highest BCUT2D eigenvalue weighted by molar-refractivity contribution is 6.07. The van der Waals surface area contributed by atoms with E-state index in [1.54, 1.807) is 4.90 Å². The van der Waals surface area contributed by atoms with E-state index in [9.17, 15) is 4.79 Å². The zero-order valence-electron chi connectivity index (χ0n) is 14.0. The molecule has 6 heteroatoms. The van der Waals surface area contributed by atoms with Crippen LogP contribution in [0.5, 0.6) is 0 Å². The Morgan fingerprint density at radius 1 is 1.17 bits per heavy atom. The van der Waals surface area contributed by atoms with Crippen LogP contribution < -0.4 is 11.1 Å². The van der Waals surface area contributed by atoms with Crippen molar-refractivity contribution in [2.45, 2.75) is 28.7 Å². The standard InChI is InChI=1S/C14H21N5O.C2H6.2CH4.H2/c1-16-12-6-4-3-5-11(12)13(15)17-14(20)19-9-7-18(2)8-10-19;1-2;;;/h3-6,16H,7-10H2,1-2H3,(H2,15,17,20);1-2H3;2*1H4;1H. The van der Waals surface area contributed by atoms with Crippen molar-refractivity contribution in [2.24, 2.45) is 10.7 Å². The lowest BCUT2D eigenvalue weighted by Crippen LogP contribution is -2.46. The van der Waals surface area contributed by atoms with Gasteiger partial charge in [0, 0.05) is 45.9 Å². The van der Waals surface area contributed by atoms with Gasteiger partial charge in [0.1, 0.15) is 5.84 Å². The zero-order chi connectivity index (χ0) is 16.5. The van der Waals surface area contributed by atoms with Crippen molar-refractivity contribution in [1.29, 1.82) is 0 Å². The molecule has 1 aromatic carbocycles. The van der Waals surface area contributed by atoms with E-state index in [1.807, 2.05) is 52.2 Å². The number of aliphatic imine (C=N–C) groups is 1. The van der Waals surface area contributed by atoms with Gasteiger partial charge in [-0.15, -0.1) is 0 Å². The summed E-state index contributed by atoms with van der Waals surface area (Å²) in [6, 6.07) is 7.27. The second kappa shape index (κ2) is 12.4. The number of hydrogen-bond donors (Lipinski definition) is 2. The molecule has 24 heavy (non-hydrogen) atoms.